The van der Waals surface area contributed by atoms with Crippen LogP contribution in [0, 0.1) is 0 Å². The fourth-order valence-corrected chi connectivity index (χ4v) is 3.61. The van der Waals surface area contributed by atoms with E-state index in [1.807, 2.05) is 12.1 Å². The molecule has 0 nitrogen and oxygen atoms in total. The summed E-state index contributed by atoms with van der Waals surface area (Å²) in [6.45, 7) is 0. The number of rotatable bonds is 3. The zero-order valence-corrected chi connectivity index (χ0v) is 12.2. The number of halogens is 3. The molecule has 2 aromatic rings. The molecule has 0 saturated carbocycles. The smallest absolute Gasteiger partial charge is 0.0464 e. The van der Waals surface area contributed by atoms with Crippen molar-refractivity contribution in [3.8, 4) is 0 Å². The number of hydrogen-bond donors (Lipinski definition) is 0. The predicted molar refractivity (Wildman–Crippen MR) is 76.2 cm³/mol. The Kier molecular flexibility index (Phi) is 4.31. The second-order valence-electron chi connectivity index (χ2n) is 3.47. The first kappa shape index (κ1) is 12.4. The first-order valence-electron chi connectivity index (χ1n) is 4.77. The van der Waals surface area contributed by atoms with Gasteiger partial charge in [0, 0.05) is 14.9 Å². The van der Waals surface area contributed by atoms with Gasteiger partial charge in [-0.05, 0) is 46.5 Å². The second kappa shape index (κ2) is 5.54. The third kappa shape index (κ3) is 3.01. The molecule has 84 valence electrons. The molecule has 0 N–H and O–H groups in total. The number of alkyl halides is 1. The van der Waals surface area contributed by atoms with Gasteiger partial charge in [-0.15, -0.1) is 0 Å². The average Bonchev–Trinajstić information content (AvgIpc) is 2.70. The van der Waals surface area contributed by atoms with Crippen LogP contribution in [0.15, 0.2) is 35.0 Å². The lowest BCUT2D eigenvalue weighted by molar-refractivity contribution is 0.955. The molecule has 0 aliphatic carbocycles. The van der Waals surface area contributed by atoms with Crippen LogP contribution in [0.1, 0.15) is 16.0 Å². The molecule has 1 unspecified atom stereocenters. The highest BCUT2D eigenvalue weighted by atomic mass is 79.9. The molecule has 0 fully saturated rings. The first-order chi connectivity index (χ1) is 7.66. The predicted octanol–water partition coefficient (Wildman–Crippen LogP) is 5.73. The molecule has 0 aliphatic heterocycles. The lowest BCUT2D eigenvalue weighted by Gasteiger charge is -2.11. The molecule has 1 heterocycles. The van der Waals surface area contributed by atoms with Crippen LogP contribution in [0.2, 0.25) is 10.0 Å². The fourth-order valence-electron chi connectivity index (χ4n) is 1.48. The van der Waals surface area contributed by atoms with E-state index in [4.69, 9.17) is 23.2 Å². The van der Waals surface area contributed by atoms with Crippen molar-refractivity contribution in [1.29, 1.82) is 0 Å². The topological polar surface area (TPSA) is 0 Å². The summed E-state index contributed by atoms with van der Waals surface area (Å²) in [5.41, 5.74) is 2.40. The molecule has 1 aromatic carbocycles. The third-order valence-corrected chi connectivity index (χ3v) is 4.41. The van der Waals surface area contributed by atoms with Crippen LogP contribution >= 0.6 is 50.5 Å². The van der Waals surface area contributed by atoms with Crippen LogP contribution < -0.4 is 0 Å². The summed E-state index contributed by atoms with van der Waals surface area (Å²) >= 11 is 17.4. The van der Waals surface area contributed by atoms with Crippen LogP contribution in [-0.2, 0) is 6.42 Å². The van der Waals surface area contributed by atoms with Crippen molar-refractivity contribution in [2.45, 2.75) is 11.2 Å². The highest BCUT2D eigenvalue weighted by Crippen LogP contribution is 2.34. The first-order valence-corrected chi connectivity index (χ1v) is 7.38. The van der Waals surface area contributed by atoms with E-state index in [0.717, 1.165) is 12.0 Å². The lowest BCUT2D eigenvalue weighted by Crippen LogP contribution is -1.95. The van der Waals surface area contributed by atoms with Crippen molar-refractivity contribution in [2.24, 2.45) is 0 Å². The Hall–Kier alpha value is -0.0200. The molecule has 0 spiro atoms. The largest absolute Gasteiger partial charge is 0.152 e. The third-order valence-electron chi connectivity index (χ3n) is 2.29. The van der Waals surface area contributed by atoms with Crippen molar-refractivity contribution < 1.29 is 0 Å². The van der Waals surface area contributed by atoms with E-state index < -0.39 is 0 Å². The van der Waals surface area contributed by atoms with E-state index in [1.165, 1.54) is 5.56 Å². The molecule has 0 bridgehead atoms. The Labute approximate surface area is 117 Å². The maximum Gasteiger partial charge on any atom is 0.0464 e. The van der Waals surface area contributed by atoms with Crippen molar-refractivity contribution in [2.75, 3.05) is 0 Å². The van der Waals surface area contributed by atoms with E-state index in [2.05, 4.69) is 32.8 Å². The molecule has 0 aliphatic rings. The number of hydrogen-bond acceptors (Lipinski definition) is 1. The van der Waals surface area contributed by atoms with E-state index in [0.29, 0.717) is 10.0 Å². The van der Waals surface area contributed by atoms with E-state index in [-0.39, 0.29) is 4.83 Å². The van der Waals surface area contributed by atoms with Crippen LogP contribution in [-0.4, -0.2) is 0 Å². The normalized spacial score (nSPS) is 12.7. The van der Waals surface area contributed by atoms with Gasteiger partial charge >= 0.3 is 0 Å². The molecule has 1 aromatic heterocycles. The summed E-state index contributed by atoms with van der Waals surface area (Å²) in [6, 6.07) is 7.74. The van der Waals surface area contributed by atoms with Gasteiger partial charge in [-0.3, -0.25) is 0 Å². The summed E-state index contributed by atoms with van der Waals surface area (Å²) in [6.07, 6.45) is 0.935. The highest BCUT2D eigenvalue weighted by molar-refractivity contribution is 9.09. The molecule has 0 radical (unpaired) electrons. The molecule has 2 rings (SSSR count). The Morgan fingerprint density at radius 2 is 2.06 bits per heavy atom. The number of benzene rings is 1. The van der Waals surface area contributed by atoms with Crippen molar-refractivity contribution in [1.82, 2.24) is 0 Å². The summed E-state index contributed by atoms with van der Waals surface area (Å²) in [5, 5.41) is 5.62. The van der Waals surface area contributed by atoms with Crippen molar-refractivity contribution >= 4 is 50.5 Å². The second-order valence-corrected chi connectivity index (χ2v) is 6.20. The minimum Gasteiger partial charge on any atom is -0.152 e. The molecule has 0 saturated heterocycles. The molecule has 0 amide bonds. The zero-order chi connectivity index (χ0) is 11.5. The lowest BCUT2D eigenvalue weighted by atomic mass is 10.1. The standard InChI is InChI=1S/C12H9BrCl2S/c13-11(5-8-3-4-16-7-8)10-2-1-9(14)6-12(10)15/h1-4,6-7,11H,5H2. The number of thiophene rings is 1. The van der Waals surface area contributed by atoms with E-state index in [1.54, 1.807) is 17.4 Å². The Morgan fingerprint density at radius 3 is 2.69 bits per heavy atom. The van der Waals surface area contributed by atoms with E-state index in [9.17, 15) is 0 Å². The summed E-state index contributed by atoms with van der Waals surface area (Å²) in [5.74, 6) is 0. The van der Waals surface area contributed by atoms with Crippen LogP contribution in [0.4, 0.5) is 0 Å². The van der Waals surface area contributed by atoms with Crippen LogP contribution in [0.25, 0.3) is 0 Å². The molecular formula is C12H9BrCl2S. The Bertz CT molecular complexity index is 468. The quantitative estimate of drug-likeness (QED) is 0.628. The van der Waals surface area contributed by atoms with Gasteiger partial charge < -0.3 is 0 Å². The van der Waals surface area contributed by atoms with Crippen molar-refractivity contribution in [3.63, 3.8) is 0 Å². The molecular weight excluding hydrogens is 327 g/mol. The maximum absolute atomic E-state index is 6.15. The van der Waals surface area contributed by atoms with Gasteiger partial charge in [0.2, 0.25) is 0 Å². The summed E-state index contributed by atoms with van der Waals surface area (Å²) < 4.78 is 0. The Morgan fingerprint density at radius 1 is 1.25 bits per heavy atom. The molecule has 16 heavy (non-hydrogen) atoms. The zero-order valence-electron chi connectivity index (χ0n) is 8.29. The summed E-state index contributed by atoms with van der Waals surface area (Å²) in [7, 11) is 0. The average molecular weight is 336 g/mol. The van der Waals surface area contributed by atoms with E-state index >= 15 is 0 Å². The van der Waals surface area contributed by atoms with Gasteiger partial charge in [0.05, 0.1) is 0 Å². The van der Waals surface area contributed by atoms with Crippen molar-refractivity contribution in [3.05, 3.63) is 56.2 Å². The highest BCUT2D eigenvalue weighted by Gasteiger charge is 2.12. The fraction of sp³-hybridized carbons (Fsp3) is 0.167. The van der Waals surface area contributed by atoms with Gasteiger partial charge in [0.1, 0.15) is 0 Å². The Balaban J connectivity index is 2.17. The van der Waals surface area contributed by atoms with Crippen LogP contribution in [0.3, 0.4) is 0 Å². The molecule has 1 atom stereocenters. The van der Waals surface area contributed by atoms with Crippen LogP contribution in [0.5, 0.6) is 0 Å². The minimum atomic E-state index is 0.229. The van der Waals surface area contributed by atoms with Gasteiger partial charge in [-0.25, -0.2) is 0 Å². The molecule has 4 heteroatoms. The van der Waals surface area contributed by atoms with Gasteiger partial charge in [0.15, 0.2) is 0 Å². The van der Waals surface area contributed by atoms with Gasteiger partial charge in [-0.1, -0.05) is 45.2 Å². The van der Waals surface area contributed by atoms with Gasteiger partial charge in [-0.2, -0.15) is 11.3 Å². The maximum atomic E-state index is 6.15. The van der Waals surface area contributed by atoms with Gasteiger partial charge in [0.25, 0.3) is 0 Å². The summed E-state index contributed by atoms with van der Waals surface area (Å²) in [4.78, 5) is 0.229. The SMILES string of the molecule is Clc1ccc(C(Br)Cc2ccsc2)c(Cl)c1. The minimum absolute atomic E-state index is 0.229. The monoisotopic (exact) mass is 334 g/mol.